The highest BCUT2D eigenvalue weighted by molar-refractivity contribution is 6.04. The number of aliphatic hydroxyl groups is 2. The van der Waals surface area contributed by atoms with Crippen LogP contribution in [0.4, 0.5) is 0 Å². The molecule has 2 aromatic rings. The molecule has 190 valence electrons. The van der Waals surface area contributed by atoms with E-state index in [4.69, 9.17) is 18.9 Å². The fourth-order valence-corrected chi connectivity index (χ4v) is 3.47. The number of carbonyl (C=O) groups excluding carboxylic acids is 2. The number of hydrogen-bond acceptors (Lipinski definition) is 11. The van der Waals surface area contributed by atoms with E-state index >= 15 is 0 Å². The molecule has 0 fully saturated rings. The Morgan fingerprint density at radius 1 is 0.889 bits per heavy atom. The van der Waals surface area contributed by atoms with E-state index in [2.05, 4.69) is 0 Å². The van der Waals surface area contributed by atoms with Crippen LogP contribution in [0.2, 0.25) is 0 Å². The molecule has 0 saturated heterocycles. The largest absolute Gasteiger partial charge is 0.508 e. The van der Waals surface area contributed by atoms with Crippen LogP contribution in [-0.2, 0) is 16.0 Å². The lowest BCUT2D eigenvalue weighted by molar-refractivity contribution is -0.113. The summed E-state index contributed by atoms with van der Waals surface area (Å²) in [6, 6.07) is 4.57. The van der Waals surface area contributed by atoms with E-state index in [0.29, 0.717) is 0 Å². The van der Waals surface area contributed by atoms with Crippen LogP contribution >= 0.6 is 0 Å². The van der Waals surface area contributed by atoms with E-state index < -0.39 is 53.0 Å². The average molecular weight is 500 g/mol. The van der Waals surface area contributed by atoms with Crippen LogP contribution in [0.1, 0.15) is 15.9 Å². The van der Waals surface area contributed by atoms with Gasteiger partial charge in [0.1, 0.15) is 23.0 Å². The van der Waals surface area contributed by atoms with Gasteiger partial charge in [0.05, 0.1) is 26.9 Å². The number of rotatable bonds is 8. The van der Waals surface area contributed by atoms with Gasteiger partial charge in [-0.25, -0.2) is 4.79 Å². The Kier molecular flexibility index (Phi) is 7.63. The average Bonchev–Trinajstić information content (AvgIpc) is 2.85. The molecule has 0 amide bonds. The van der Waals surface area contributed by atoms with Crippen LogP contribution in [0.15, 0.2) is 59.6 Å². The Hall–Kier alpha value is -4.80. The van der Waals surface area contributed by atoms with Crippen molar-refractivity contribution in [3.63, 3.8) is 0 Å². The molecule has 1 atom stereocenters. The Morgan fingerprint density at radius 3 is 1.97 bits per heavy atom. The summed E-state index contributed by atoms with van der Waals surface area (Å²) in [5.41, 5.74) is -0.238. The molecule has 0 aromatic heterocycles. The third kappa shape index (κ3) is 5.30. The summed E-state index contributed by atoms with van der Waals surface area (Å²) >= 11 is 0. The SMILES string of the molecule is COc1cc(C(=O)O[C@H](Cc2c(O)cc(O)cc2O)/C(O)=C2/C=CC(=O)C(O)=C2)cc(OC)c1OC. The van der Waals surface area contributed by atoms with Crippen LogP contribution < -0.4 is 14.2 Å². The molecule has 0 aliphatic heterocycles. The molecule has 0 heterocycles. The van der Waals surface area contributed by atoms with Gasteiger partial charge in [0.15, 0.2) is 23.4 Å². The fourth-order valence-electron chi connectivity index (χ4n) is 3.47. The Balaban J connectivity index is 2.06. The molecular weight excluding hydrogens is 476 g/mol. The van der Waals surface area contributed by atoms with Gasteiger partial charge < -0.3 is 44.5 Å². The van der Waals surface area contributed by atoms with E-state index in [-0.39, 0.29) is 33.9 Å². The monoisotopic (exact) mass is 500 g/mol. The van der Waals surface area contributed by atoms with Crippen LogP contribution in [0, 0.1) is 0 Å². The van der Waals surface area contributed by atoms with Crippen molar-refractivity contribution in [3.8, 4) is 34.5 Å². The second-order valence-electron chi connectivity index (χ2n) is 7.54. The molecule has 36 heavy (non-hydrogen) atoms. The van der Waals surface area contributed by atoms with Gasteiger partial charge in [0.25, 0.3) is 0 Å². The summed E-state index contributed by atoms with van der Waals surface area (Å²) in [7, 11) is 4.11. The number of hydrogen-bond donors (Lipinski definition) is 5. The van der Waals surface area contributed by atoms with Gasteiger partial charge in [-0.1, -0.05) is 0 Å². The van der Waals surface area contributed by atoms with E-state index in [1.165, 1.54) is 39.5 Å². The number of allylic oxidation sites excluding steroid dienone is 4. The standard InChI is InChI=1S/C25H24O11/c1-33-21-7-13(8-22(34-2)24(21)35-3)25(32)36-20(11-15-17(28)9-14(26)10-18(15)29)23(31)12-4-5-16(27)19(30)6-12/h4-10,20,26,28-31H,11H2,1-3H3/b23-12+/t20-/m1/s1. The second kappa shape index (κ2) is 10.6. The second-order valence-corrected chi connectivity index (χ2v) is 7.54. The predicted molar refractivity (Wildman–Crippen MR) is 125 cm³/mol. The molecule has 0 radical (unpaired) electrons. The minimum absolute atomic E-state index is 0.0424. The maximum Gasteiger partial charge on any atom is 0.339 e. The Labute approximate surface area is 205 Å². The van der Waals surface area contributed by atoms with Crippen molar-refractivity contribution < 1.29 is 54.1 Å². The summed E-state index contributed by atoms with van der Waals surface area (Å²) in [5, 5.41) is 50.7. The third-order valence-corrected chi connectivity index (χ3v) is 5.29. The smallest absolute Gasteiger partial charge is 0.339 e. The van der Waals surface area contributed by atoms with Crippen LogP contribution in [-0.4, -0.2) is 64.7 Å². The van der Waals surface area contributed by atoms with Gasteiger partial charge in [-0.05, 0) is 30.4 Å². The first-order valence-corrected chi connectivity index (χ1v) is 10.4. The van der Waals surface area contributed by atoms with Gasteiger partial charge in [-0.2, -0.15) is 0 Å². The number of benzene rings is 2. The highest BCUT2D eigenvalue weighted by Crippen LogP contribution is 2.39. The Bertz CT molecular complexity index is 1240. The first kappa shape index (κ1) is 25.8. The van der Waals surface area contributed by atoms with Crippen LogP contribution in [0.5, 0.6) is 34.5 Å². The van der Waals surface area contributed by atoms with Gasteiger partial charge in [0.2, 0.25) is 11.5 Å². The van der Waals surface area contributed by atoms with Crippen molar-refractivity contribution in [2.24, 2.45) is 0 Å². The Morgan fingerprint density at radius 2 is 1.47 bits per heavy atom. The van der Waals surface area contributed by atoms with E-state index in [0.717, 1.165) is 24.3 Å². The van der Waals surface area contributed by atoms with Crippen molar-refractivity contribution in [1.82, 2.24) is 0 Å². The number of carbonyl (C=O) groups is 2. The molecule has 0 unspecified atom stereocenters. The van der Waals surface area contributed by atoms with Crippen molar-refractivity contribution >= 4 is 11.8 Å². The van der Waals surface area contributed by atoms with Crippen molar-refractivity contribution in [2.45, 2.75) is 12.5 Å². The van der Waals surface area contributed by atoms with Crippen LogP contribution in [0.25, 0.3) is 0 Å². The number of methoxy groups -OCH3 is 3. The number of ketones is 1. The minimum Gasteiger partial charge on any atom is -0.508 e. The van der Waals surface area contributed by atoms with E-state index in [9.17, 15) is 35.1 Å². The fraction of sp³-hybridized carbons (Fsp3) is 0.200. The molecule has 0 bridgehead atoms. The molecule has 2 aromatic carbocycles. The molecule has 1 aliphatic carbocycles. The molecule has 11 nitrogen and oxygen atoms in total. The van der Waals surface area contributed by atoms with Crippen LogP contribution in [0.3, 0.4) is 0 Å². The number of esters is 1. The molecule has 1 aliphatic rings. The summed E-state index contributed by atoms with van der Waals surface area (Å²) in [6.45, 7) is 0. The number of aromatic hydroxyl groups is 3. The maximum atomic E-state index is 13.1. The zero-order chi connectivity index (χ0) is 26.6. The highest BCUT2D eigenvalue weighted by atomic mass is 16.6. The molecule has 0 saturated carbocycles. The lowest BCUT2D eigenvalue weighted by Gasteiger charge is -2.21. The van der Waals surface area contributed by atoms with Crippen molar-refractivity contribution in [1.29, 1.82) is 0 Å². The van der Waals surface area contributed by atoms with Gasteiger partial charge in [-0.15, -0.1) is 0 Å². The third-order valence-electron chi connectivity index (χ3n) is 5.29. The number of phenolic OH excluding ortho intramolecular Hbond substituents is 3. The maximum absolute atomic E-state index is 13.1. The zero-order valence-corrected chi connectivity index (χ0v) is 19.5. The van der Waals surface area contributed by atoms with Gasteiger partial charge in [0, 0.05) is 29.7 Å². The molecule has 11 heteroatoms. The predicted octanol–water partition coefficient (Wildman–Crippen LogP) is 2.99. The van der Waals surface area contributed by atoms with E-state index in [1.807, 2.05) is 0 Å². The van der Waals surface area contributed by atoms with Gasteiger partial charge >= 0.3 is 5.97 Å². The molecule has 5 N–H and O–H groups in total. The summed E-state index contributed by atoms with van der Waals surface area (Å²) in [5.74, 6) is -3.77. The first-order valence-electron chi connectivity index (χ1n) is 10.4. The number of aliphatic hydroxyl groups excluding tert-OH is 2. The molecular formula is C25H24O11. The quantitative estimate of drug-likeness (QED) is 0.266. The lowest BCUT2D eigenvalue weighted by atomic mass is 9.98. The normalized spacial score (nSPS) is 15.1. The minimum atomic E-state index is -1.52. The summed E-state index contributed by atoms with van der Waals surface area (Å²) in [4.78, 5) is 24.7. The number of ether oxygens (including phenoxy) is 4. The van der Waals surface area contributed by atoms with Crippen molar-refractivity contribution in [2.75, 3.05) is 21.3 Å². The molecule has 3 rings (SSSR count). The number of phenols is 3. The first-order chi connectivity index (χ1) is 17.1. The molecule has 0 spiro atoms. The van der Waals surface area contributed by atoms with Crippen molar-refractivity contribution in [3.05, 3.63) is 70.7 Å². The summed E-state index contributed by atoms with van der Waals surface area (Å²) < 4.78 is 21.2. The summed E-state index contributed by atoms with van der Waals surface area (Å²) in [6.07, 6.45) is 1.23. The zero-order valence-electron chi connectivity index (χ0n) is 19.5. The highest BCUT2D eigenvalue weighted by Gasteiger charge is 2.28. The van der Waals surface area contributed by atoms with E-state index in [1.54, 1.807) is 0 Å². The topological polar surface area (TPSA) is 172 Å². The van der Waals surface area contributed by atoms with Gasteiger partial charge in [-0.3, -0.25) is 4.79 Å². The lowest BCUT2D eigenvalue weighted by Crippen LogP contribution is -2.25.